The van der Waals surface area contributed by atoms with E-state index in [2.05, 4.69) is 34.5 Å². The molecule has 0 bridgehead atoms. The molecular weight excluding hydrogens is 279 g/mol. The molecule has 0 atom stereocenters. The number of hydrogen-bond acceptors (Lipinski definition) is 2. The number of benzene rings is 1. The van der Waals surface area contributed by atoms with E-state index in [1.54, 1.807) is 12.1 Å². The monoisotopic (exact) mass is 306 g/mol. The Bertz CT molecular complexity index is 464. The van der Waals surface area contributed by atoms with Crippen LogP contribution < -0.4 is 10.6 Å². The molecule has 0 unspecified atom stereocenters. The zero-order valence-corrected chi connectivity index (χ0v) is 13.6. The highest BCUT2D eigenvalue weighted by Gasteiger charge is 2.16. The third-order valence-corrected chi connectivity index (χ3v) is 4.07. The minimum Gasteiger partial charge on any atom is -0.357 e. The summed E-state index contributed by atoms with van der Waals surface area (Å²) in [5.41, 5.74) is 1.01. The Morgan fingerprint density at radius 2 is 1.91 bits per heavy atom. The minimum atomic E-state index is -0.208. The van der Waals surface area contributed by atoms with Crippen LogP contribution in [-0.4, -0.2) is 44.1 Å². The van der Waals surface area contributed by atoms with Crippen LogP contribution in [0.4, 0.5) is 4.39 Å². The molecule has 0 saturated carbocycles. The van der Waals surface area contributed by atoms with Crippen LogP contribution in [0.5, 0.6) is 0 Å². The number of hydrogen-bond donors (Lipinski definition) is 2. The van der Waals surface area contributed by atoms with Crippen molar-refractivity contribution < 1.29 is 4.39 Å². The molecule has 1 aromatic rings. The maximum Gasteiger partial charge on any atom is 0.191 e. The Hall–Kier alpha value is -1.62. The van der Waals surface area contributed by atoms with E-state index in [4.69, 9.17) is 0 Å². The summed E-state index contributed by atoms with van der Waals surface area (Å²) in [5, 5.41) is 6.70. The lowest BCUT2D eigenvalue weighted by Crippen LogP contribution is -2.42. The SMILES string of the molecule is CCNC(=NCc1ccc(F)cc1)NCC1CCN(C)CC1. The lowest BCUT2D eigenvalue weighted by Gasteiger charge is -2.29. The maximum atomic E-state index is 12.9. The predicted octanol–water partition coefficient (Wildman–Crippen LogP) is 2.22. The Morgan fingerprint density at radius 1 is 1.23 bits per heavy atom. The van der Waals surface area contributed by atoms with E-state index in [0.717, 1.165) is 24.6 Å². The first-order valence-electron chi connectivity index (χ1n) is 8.12. The zero-order chi connectivity index (χ0) is 15.8. The fraction of sp³-hybridized carbons (Fsp3) is 0.588. The first kappa shape index (κ1) is 16.7. The number of likely N-dealkylation sites (tertiary alicyclic amines) is 1. The third-order valence-electron chi connectivity index (χ3n) is 4.07. The van der Waals surface area contributed by atoms with Gasteiger partial charge in [-0.25, -0.2) is 9.38 Å². The quantitative estimate of drug-likeness (QED) is 0.647. The van der Waals surface area contributed by atoms with Crippen LogP contribution in [0.3, 0.4) is 0 Å². The van der Waals surface area contributed by atoms with E-state index in [-0.39, 0.29) is 5.82 Å². The standard InChI is InChI=1S/C17H27FN4/c1-3-19-17(20-12-14-4-6-16(18)7-5-14)21-13-15-8-10-22(2)11-9-15/h4-7,15H,3,8-13H2,1-2H3,(H2,19,20,21). The summed E-state index contributed by atoms with van der Waals surface area (Å²) in [4.78, 5) is 6.95. The highest BCUT2D eigenvalue weighted by Crippen LogP contribution is 2.14. The highest BCUT2D eigenvalue weighted by molar-refractivity contribution is 5.79. The second kappa shape index (κ2) is 8.73. The largest absolute Gasteiger partial charge is 0.357 e. The second-order valence-electron chi connectivity index (χ2n) is 5.95. The van der Waals surface area contributed by atoms with E-state index >= 15 is 0 Å². The molecule has 1 fully saturated rings. The lowest BCUT2D eigenvalue weighted by molar-refractivity contribution is 0.220. The number of piperidine rings is 1. The van der Waals surface area contributed by atoms with E-state index in [1.165, 1.54) is 38.1 Å². The molecule has 0 aliphatic carbocycles. The number of rotatable bonds is 5. The second-order valence-corrected chi connectivity index (χ2v) is 5.95. The van der Waals surface area contributed by atoms with Crippen molar-refractivity contribution >= 4 is 5.96 Å². The molecule has 1 aliphatic rings. The van der Waals surface area contributed by atoms with E-state index < -0.39 is 0 Å². The van der Waals surface area contributed by atoms with Gasteiger partial charge in [0.1, 0.15) is 5.82 Å². The summed E-state index contributed by atoms with van der Waals surface area (Å²) >= 11 is 0. The number of nitrogens with zero attached hydrogens (tertiary/aromatic N) is 2. The van der Waals surface area contributed by atoms with Gasteiger partial charge in [-0.3, -0.25) is 0 Å². The summed E-state index contributed by atoms with van der Waals surface area (Å²) in [6.45, 7) is 6.77. The van der Waals surface area contributed by atoms with E-state index in [9.17, 15) is 4.39 Å². The number of halogens is 1. The zero-order valence-electron chi connectivity index (χ0n) is 13.6. The van der Waals surface area contributed by atoms with Crippen molar-refractivity contribution in [2.24, 2.45) is 10.9 Å². The van der Waals surface area contributed by atoms with Crippen LogP contribution in [-0.2, 0) is 6.54 Å². The highest BCUT2D eigenvalue weighted by atomic mass is 19.1. The van der Waals surface area contributed by atoms with Crippen molar-refractivity contribution in [3.63, 3.8) is 0 Å². The van der Waals surface area contributed by atoms with Crippen molar-refractivity contribution in [1.82, 2.24) is 15.5 Å². The van der Waals surface area contributed by atoms with E-state index in [1.807, 2.05) is 0 Å². The summed E-state index contributed by atoms with van der Waals surface area (Å²) in [7, 11) is 2.18. The van der Waals surface area contributed by atoms with E-state index in [0.29, 0.717) is 12.5 Å². The van der Waals surface area contributed by atoms with Crippen molar-refractivity contribution in [3.05, 3.63) is 35.6 Å². The Morgan fingerprint density at radius 3 is 2.55 bits per heavy atom. The van der Waals surface area contributed by atoms with Gasteiger partial charge in [-0.15, -0.1) is 0 Å². The van der Waals surface area contributed by atoms with Gasteiger partial charge >= 0.3 is 0 Å². The first-order chi connectivity index (χ1) is 10.7. The molecular formula is C17H27FN4. The van der Waals surface area contributed by atoms with Gasteiger partial charge in [0.15, 0.2) is 5.96 Å². The summed E-state index contributed by atoms with van der Waals surface area (Å²) in [6.07, 6.45) is 2.47. The molecule has 1 heterocycles. The molecule has 2 N–H and O–H groups in total. The summed E-state index contributed by atoms with van der Waals surface area (Å²) in [5.74, 6) is 1.34. The van der Waals surface area contributed by atoms with Crippen LogP contribution >= 0.6 is 0 Å². The van der Waals surface area contributed by atoms with Crippen molar-refractivity contribution in [2.75, 3.05) is 33.2 Å². The first-order valence-corrected chi connectivity index (χ1v) is 8.12. The van der Waals surface area contributed by atoms with Gasteiger partial charge in [0.2, 0.25) is 0 Å². The van der Waals surface area contributed by atoms with Gasteiger partial charge in [-0.1, -0.05) is 12.1 Å². The number of guanidine groups is 1. The van der Waals surface area contributed by atoms with Gasteiger partial charge in [-0.2, -0.15) is 0 Å². The third kappa shape index (κ3) is 5.64. The average molecular weight is 306 g/mol. The van der Waals surface area contributed by atoms with Crippen LogP contribution in [0.25, 0.3) is 0 Å². The Labute approximate surface area is 132 Å². The molecule has 2 rings (SSSR count). The summed E-state index contributed by atoms with van der Waals surface area (Å²) in [6, 6.07) is 6.51. The van der Waals surface area contributed by atoms with Gasteiger partial charge in [0.25, 0.3) is 0 Å². The lowest BCUT2D eigenvalue weighted by atomic mass is 9.97. The molecule has 4 nitrogen and oxygen atoms in total. The maximum absolute atomic E-state index is 12.9. The molecule has 1 aromatic carbocycles. The minimum absolute atomic E-state index is 0.208. The smallest absolute Gasteiger partial charge is 0.191 e. The average Bonchev–Trinajstić information content (AvgIpc) is 2.53. The number of aliphatic imine (C=N–C) groups is 1. The van der Waals surface area contributed by atoms with Gasteiger partial charge in [-0.05, 0) is 63.5 Å². The predicted molar refractivity (Wildman–Crippen MR) is 89.4 cm³/mol. The Balaban J connectivity index is 1.83. The molecule has 0 aromatic heterocycles. The normalized spacial score (nSPS) is 17.5. The van der Waals surface area contributed by atoms with Crippen molar-refractivity contribution in [3.8, 4) is 0 Å². The topological polar surface area (TPSA) is 39.7 Å². The molecule has 0 radical (unpaired) electrons. The molecule has 0 spiro atoms. The van der Waals surface area contributed by atoms with Gasteiger partial charge in [0, 0.05) is 13.1 Å². The van der Waals surface area contributed by atoms with Crippen molar-refractivity contribution in [1.29, 1.82) is 0 Å². The molecule has 122 valence electrons. The molecule has 0 amide bonds. The van der Waals surface area contributed by atoms with Crippen LogP contribution in [0.15, 0.2) is 29.3 Å². The number of nitrogens with one attached hydrogen (secondary N) is 2. The Kier molecular flexibility index (Phi) is 6.65. The van der Waals surface area contributed by atoms with Crippen molar-refractivity contribution in [2.45, 2.75) is 26.3 Å². The van der Waals surface area contributed by atoms with Gasteiger partial charge in [0.05, 0.1) is 6.54 Å². The summed E-state index contributed by atoms with van der Waals surface area (Å²) < 4.78 is 12.9. The molecule has 22 heavy (non-hydrogen) atoms. The molecule has 1 saturated heterocycles. The molecule has 1 aliphatic heterocycles. The molecule has 5 heteroatoms. The fourth-order valence-corrected chi connectivity index (χ4v) is 2.61. The van der Waals surface area contributed by atoms with Gasteiger partial charge < -0.3 is 15.5 Å². The van der Waals surface area contributed by atoms with Crippen LogP contribution in [0, 0.1) is 11.7 Å². The van der Waals surface area contributed by atoms with Crippen LogP contribution in [0.1, 0.15) is 25.3 Å². The van der Waals surface area contributed by atoms with Crippen LogP contribution in [0.2, 0.25) is 0 Å². The fourth-order valence-electron chi connectivity index (χ4n) is 2.61.